The maximum absolute atomic E-state index is 14.6. The van der Waals surface area contributed by atoms with E-state index in [1.165, 1.54) is 51.4 Å². The summed E-state index contributed by atoms with van der Waals surface area (Å²) in [5, 5.41) is 40.5. The molecule has 218 valence electrons. The van der Waals surface area contributed by atoms with Gasteiger partial charge in [0.15, 0.2) is 23.2 Å². The van der Waals surface area contributed by atoms with Crippen LogP contribution in [0.2, 0.25) is 0 Å². The van der Waals surface area contributed by atoms with Crippen molar-refractivity contribution in [3.63, 3.8) is 0 Å². The molecule has 5 rings (SSSR count). The number of aliphatic hydroxyl groups excluding tert-OH is 3. The molecular formula is C26H25F5N6O4. The quantitative estimate of drug-likeness (QED) is 0.307. The molecule has 0 saturated carbocycles. The first-order valence-electron chi connectivity index (χ1n) is 12.4. The van der Waals surface area contributed by atoms with Crippen molar-refractivity contribution in [3.8, 4) is 16.8 Å². The lowest BCUT2D eigenvalue weighted by Gasteiger charge is -2.41. The van der Waals surface area contributed by atoms with Crippen LogP contribution in [0.15, 0.2) is 36.8 Å². The molecule has 1 aliphatic heterocycles. The van der Waals surface area contributed by atoms with E-state index in [4.69, 9.17) is 4.74 Å². The van der Waals surface area contributed by atoms with Crippen molar-refractivity contribution in [2.24, 2.45) is 0 Å². The van der Waals surface area contributed by atoms with E-state index in [2.05, 4.69) is 20.2 Å². The highest BCUT2D eigenvalue weighted by Crippen LogP contribution is 2.40. The van der Waals surface area contributed by atoms with E-state index in [0.717, 1.165) is 15.6 Å². The smallest absolute Gasteiger partial charge is 0.394 e. The van der Waals surface area contributed by atoms with Crippen LogP contribution in [0, 0.1) is 32.4 Å². The molecule has 0 aliphatic carbocycles. The van der Waals surface area contributed by atoms with E-state index in [1.54, 1.807) is 0 Å². The van der Waals surface area contributed by atoms with E-state index in [1.807, 2.05) is 0 Å². The van der Waals surface area contributed by atoms with Gasteiger partial charge in [0.05, 0.1) is 18.5 Å². The Kier molecular flexibility index (Phi) is 7.40. The Morgan fingerprint density at radius 3 is 2.44 bits per heavy atom. The molecule has 0 spiro atoms. The van der Waals surface area contributed by atoms with Gasteiger partial charge in [0, 0.05) is 23.5 Å². The Bertz CT molecular complexity index is 1590. The van der Waals surface area contributed by atoms with Gasteiger partial charge < -0.3 is 20.1 Å². The SMILES string of the molecule is Cc1cnc(C(F)(F)F)c(-n2nc(C)nc2[C@@H]2O[C@H](CO)[C@H](O)[C@H](n3cc(-c4ccc(C)c(F)c4F)cn3)[C@H]2O)c1. The highest BCUT2D eigenvalue weighted by atomic mass is 19.4. The van der Waals surface area contributed by atoms with E-state index < -0.39 is 66.3 Å². The van der Waals surface area contributed by atoms with Gasteiger partial charge in [0.25, 0.3) is 0 Å². The van der Waals surface area contributed by atoms with Crippen LogP contribution < -0.4 is 0 Å². The monoisotopic (exact) mass is 580 g/mol. The fourth-order valence-electron chi connectivity index (χ4n) is 4.86. The molecule has 1 saturated heterocycles. The lowest BCUT2D eigenvalue weighted by Crippen LogP contribution is -2.53. The first kappa shape index (κ1) is 28.7. The number of ether oxygens (including phenoxy) is 1. The van der Waals surface area contributed by atoms with E-state index in [0.29, 0.717) is 5.56 Å². The zero-order valence-electron chi connectivity index (χ0n) is 21.9. The summed E-state index contributed by atoms with van der Waals surface area (Å²) in [5.74, 6) is -2.35. The van der Waals surface area contributed by atoms with Gasteiger partial charge in [0.1, 0.15) is 36.3 Å². The third-order valence-electron chi connectivity index (χ3n) is 6.88. The standard InChI is InChI=1S/C26H25F5N6O4/c1-11-6-16(24(32-7-11)26(29,30)31)37-25(34-13(3)35-37)23-22(40)20(21(39)17(10-38)41-23)36-9-14(8-33-36)15-5-4-12(2)18(27)19(15)28/h4-9,17,20-23,38-40H,10H2,1-3H3/t17-,20+,21+,22-,23-/m1/s1. The number of aryl methyl sites for hydroxylation is 3. The molecular weight excluding hydrogens is 555 g/mol. The third kappa shape index (κ3) is 5.09. The van der Waals surface area contributed by atoms with Crippen LogP contribution in [0.25, 0.3) is 16.8 Å². The lowest BCUT2D eigenvalue weighted by atomic mass is 9.92. The number of benzene rings is 1. The first-order valence-corrected chi connectivity index (χ1v) is 12.4. The maximum Gasteiger partial charge on any atom is 0.435 e. The van der Waals surface area contributed by atoms with Crippen LogP contribution in [0.1, 0.15) is 40.6 Å². The summed E-state index contributed by atoms with van der Waals surface area (Å²) in [4.78, 5) is 7.73. The number of nitrogens with zero attached hydrogens (tertiary/aromatic N) is 6. The van der Waals surface area contributed by atoms with Crippen molar-refractivity contribution < 1.29 is 42.0 Å². The van der Waals surface area contributed by atoms with Crippen molar-refractivity contribution in [1.29, 1.82) is 0 Å². The zero-order valence-corrected chi connectivity index (χ0v) is 21.9. The molecule has 4 aromatic rings. The summed E-state index contributed by atoms with van der Waals surface area (Å²) < 4.78 is 78.1. The second kappa shape index (κ2) is 10.6. The van der Waals surface area contributed by atoms with Gasteiger partial charge in [-0.15, -0.1) is 0 Å². The van der Waals surface area contributed by atoms with Gasteiger partial charge in [-0.05, 0) is 38.0 Å². The number of halogens is 5. The summed E-state index contributed by atoms with van der Waals surface area (Å²) in [7, 11) is 0. The molecule has 4 heterocycles. The molecule has 0 radical (unpaired) electrons. The Morgan fingerprint density at radius 1 is 1.02 bits per heavy atom. The van der Waals surface area contributed by atoms with Crippen molar-refractivity contribution in [3.05, 3.63) is 76.9 Å². The maximum atomic E-state index is 14.6. The van der Waals surface area contributed by atoms with Gasteiger partial charge >= 0.3 is 6.18 Å². The fraction of sp³-hybridized carbons (Fsp3) is 0.385. The molecule has 41 heavy (non-hydrogen) atoms. The largest absolute Gasteiger partial charge is 0.435 e. The second-order valence-corrected chi connectivity index (χ2v) is 9.82. The molecule has 5 atom stereocenters. The molecule has 1 aromatic carbocycles. The third-order valence-corrected chi connectivity index (χ3v) is 6.88. The highest BCUT2D eigenvalue weighted by Gasteiger charge is 2.49. The van der Waals surface area contributed by atoms with Gasteiger partial charge in [-0.1, -0.05) is 12.1 Å². The van der Waals surface area contributed by atoms with Crippen LogP contribution in [-0.4, -0.2) is 69.8 Å². The van der Waals surface area contributed by atoms with Gasteiger partial charge in [-0.25, -0.2) is 23.4 Å². The molecule has 10 nitrogen and oxygen atoms in total. The number of pyridine rings is 1. The molecule has 1 fully saturated rings. The summed E-state index contributed by atoms with van der Waals surface area (Å²) in [5.41, 5.74) is -1.22. The topological polar surface area (TPSA) is 131 Å². The van der Waals surface area contributed by atoms with Crippen LogP contribution in [-0.2, 0) is 10.9 Å². The van der Waals surface area contributed by atoms with E-state index in [-0.39, 0.29) is 28.3 Å². The highest BCUT2D eigenvalue weighted by molar-refractivity contribution is 5.63. The minimum absolute atomic E-state index is 0.0481. The minimum atomic E-state index is -4.85. The van der Waals surface area contributed by atoms with E-state index in [9.17, 15) is 37.3 Å². The molecule has 0 amide bonds. The summed E-state index contributed by atoms with van der Waals surface area (Å²) in [6, 6.07) is 2.59. The summed E-state index contributed by atoms with van der Waals surface area (Å²) >= 11 is 0. The van der Waals surface area contributed by atoms with Crippen molar-refractivity contribution >= 4 is 0 Å². The molecule has 0 bridgehead atoms. The van der Waals surface area contributed by atoms with E-state index >= 15 is 0 Å². The number of alkyl halides is 3. The van der Waals surface area contributed by atoms with Gasteiger partial charge in [0.2, 0.25) is 0 Å². The van der Waals surface area contributed by atoms with Crippen LogP contribution in [0.4, 0.5) is 22.0 Å². The number of hydrogen-bond donors (Lipinski definition) is 3. The lowest BCUT2D eigenvalue weighted by molar-refractivity contribution is -0.210. The Morgan fingerprint density at radius 2 is 1.76 bits per heavy atom. The predicted molar refractivity (Wildman–Crippen MR) is 132 cm³/mol. The molecule has 3 N–H and O–H groups in total. The van der Waals surface area contributed by atoms with Gasteiger partial charge in [-0.2, -0.15) is 23.4 Å². The fourth-order valence-corrected chi connectivity index (χ4v) is 4.86. The predicted octanol–water partition coefficient (Wildman–Crippen LogP) is 3.14. The number of rotatable bonds is 5. The van der Waals surface area contributed by atoms with Crippen LogP contribution in [0.5, 0.6) is 0 Å². The average Bonchev–Trinajstić information content (AvgIpc) is 3.54. The summed E-state index contributed by atoms with van der Waals surface area (Å²) in [6.45, 7) is 3.63. The number of aliphatic hydroxyl groups is 3. The second-order valence-electron chi connectivity index (χ2n) is 9.82. The zero-order chi connectivity index (χ0) is 29.8. The molecule has 1 aliphatic rings. The average molecular weight is 581 g/mol. The van der Waals surface area contributed by atoms with Crippen LogP contribution >= 0.6 is 0 Å². The summed E-state index contributed by atoms with van der Waals surface area (Å²) in [6.07, 6.45) is -7.45. The Balaban J connectivity index is 1.59. The molecule has 0 unspecified atom stereocenters. The normalized spacial score (nSPS) is 23.2. The van der Waals surface area contributed by atoms with Crippen molar-refractivity contribution in [2.45, 2.75) is 57.4 Å². The minimum Gasteiger partial charge on any atom is -0.394 e. The Hall–Kier alpha value is -3.79. The molecule has 3 aromatic heterocycles. The van der Waals surface area contributed by atoms with Crippen molar-refractivity contribution in [2.75, 3.05) is 6.61 Å². The number of hydrogen-bond acceptors (Lipinski definition) is 8. The number of aromatic nitrogens is 6. The molecule has 15 heteroatoms. The Labute approximate surface area is 229 Å². The van der Waals surface area contributed by atoms with Gasteiger partial charge in [-0.3, -0.25) is 4.68 Å². The van der Waals surface area contributed by atoms with Crippen molar-refractivity contribution in [1.82, 2.24) is 29.5 Å². The van der Waals surface area contributed by atoms with Crippen LogP contribution in [0.3, 0.4) is 0 Å². The first-order chi connectivity index (χ1) is 19.3.